The number of aryl methyl sites for hydroxylation is 1. The number of carbonyl (C=O) groups excluding carboxylic acids is 1. The van der Waals surface area contributed by atoms with Crippen molar-refractivity contribution in [2.24, 2.45) is 12.5 Å². The van der Waals surface area contributed by atoms with Crippen LogP contribution in [0.2, 0.25) is 0 Å². The van der Waals surface area contributed by atoms with E-state index in [4.69, 9.17) is 0 Å². The Hall–Kier alpha value is -1.56. The van der Waals surface area contributed by atoms with Crippen molar-refractivity contribution >= 4 is 6.03 Å². The van der Waals surface area contributed by atoms with Gasteiger partial charge >= 0.3 is 6.03 Å². The maximum Gasteiger partial charge on any atom is 0.314 e. The van der Waals surface area contributed by atoms with Gasteiger partial charge in [0.15, 0.2) is 0 Å². The van der Waals surface area contributed by atoms with Gasteiger partial charge in [0.25, 0.3) is 0 Å². The van der Waals surface area contributed by atoms with Crippen LogP contribution >= 0.6 is 0 Å². The molecule has 0 bridgehead atoms. The normalized spacial score (nSPS) is 19.6. The lowest BCUT2D eigenvalue weighted by Crippen LogP contribution is -2.46. The molecule has 1 saturated carbocycles. The molecule has 1 aromatic rings. The smallest absolute Gasteiger partial charge is 0.314 e. The number of rotatable bonds is 6. The third-order valence-corrected chi connectivity index (χ3v) is 4.96. The summed E-state index contributed by atoms with van der Waals surface area (Å²) in [6.45, 7) is 4.74. The van der Waals surface area contributed by atoms with Gasteiger partial charge in [0.05, 0.1) is 12.7 Å². The van der Waals surface area contributed by atoms with Gasteiger partial charge in [-0.3, -0.25) is 4.68 Å². The summed E-state index contributed by atoms with van der Waals surface area (Å²) in [5.41, 5.74) is -0.166. The first-order valence-electron chi connectivity index (χ1n) is 8.10. The molecule has 0 aliphatic heterocycles. The Kier molecular flexibility index (Phi) is 5.11. The second kappa shape index (κ2) is 6.69. The molecule has 1 heterocycles. The molecule has 22 heavy (non-hydrogen) atoms. The molecular formula is C16H28N4O2. The van der Waals surface area contributed by atoms with E-state index in [0.717, 1.165) is 6.42 Å². The zero-order chi connectivity index (χ0) is 16.2. The fourth-order valence-electron chi connectivity index (χ4n) is 3.16. The summed E-state index contributed by atoms with van der Waals surface area (Å²) >= 11 is 0. The maximum absolute atomic E-state index is 12.0. The Morgan fingerprint density at radius 2 is 2.14 bits per heavy atom. The van der Waals surface area contributed by atoms with Crippen molar-refractivity contribution in [2.45, 2.75) is 51.6 Å². The van der Waals surface area contributed by atoms with Crippen LogP contribution in [0.15, 0.2) is 12.4 Å². The fourth-order valence-corrected chi connectivity index (χ4v) is 3.16. The number of aliphatic hydroxyl groups is 1. The first kappa shape index (κ1) is 16.8. The molecule has 3 N–H and O–H groups in total. The van der Waals surface area contributed by atoms with E-state index in [1.165, 1.54) is 25.7 Å². The molecule has 0 saturated heterocycles. The lowest BCUT2D eigenvalue weighted by Gasteiger charge is -2.28. The van der Waals surface area contributed by atoms with Gasteiger partial charge in [-0.05, 0) is 31.6 Å². The lowest BCUT2D eigenvalue weighted by atomic mass is 9.83. The van der Waals surface area contributed by atoms with E-state index in [9.17, 15) is 9.90 Å². The number of amides is 2. The third kappa shape index (κ3) is 4.00. The van der Waals surface area contributed by atoms with Crippen LogP contribution < -0.4 is 10.6 Å². The predicted molar refractivity (Wildman–Crippen MR) is 85.4 cm³/mol. The summed E-state index contributed by atoms with van der Waals surface area (Å²) in [6.07, 6.45) is 9.36. The summed E-state index contributed by atoms with van der Waals surface area (Å²) in [6, 6.07) is -0.219. The molecule has 1 aromatic heterocycles. The highest BCUT2D eigenvalue weighted by molar-refractivity contribution is 5.74. The number of nitrogens with zero attached hydrogens (tertiary/aromatic N) is 2. The average Bonchev–Trinajstić information content (AvgIpc) is 3.13. The van der Waals surface area contributed by atoms with Crippen LogP contribution in [0.1, 0.15) is 51.5 Å². The monoisotopic (exact) mass is 308 g/mol. The van der Waals surface area contributed by atoms with Crippen LogP contribution in [0.5, 0.6) is 0 Å². The molecule has 2 rings (SSSR count). The van der Waals surface area contributed by atoms with E-state index >= 15 is 0 Å². The second-order valence-electron chi connectivity index (χ2n) is 6.77. The molecule has 0 spiro atoms. The Bertz CT molecular complexity index is 504. The van der Waals surface area contributed by atoms with Crippen molar-refractivity contribution in [1.29, 1.82) is 0 Å². The number of nitrogens with one attached hydrogen (secondary N) is 2. The minimum atomic E-state index is -1.12. The van der Waals surface area contributed by atoms with Crippen molar-refractivity contribution in [3.63, 3.8) is 0 Å². The van der Waals surface area contributed by atoms with Crippen LogP contribution in [0.25, 0.3) is 0 Å². The average molecular weight is 308 g/mol. The van der Waals surface area contributed by atoms with E-state index in [0.29, 0.717) is 12.1 Å². The van der Waals surface area contributed by atoms with Crippen molar-refractivity contribution in [1.82, 2.24) is 20.4 Å². The van der Waals surface area contributed by atoms with E-state index in [1.54, 1.807) is 31.0 Å². The van der Waals surface area contributed by atoms with Crippen molar-refractivity contribution in [2.75, 3.05) is 13.1 Å². The molecule has 2 amide bonds. The summed E-state index contributed by atoms with van der Waals surface area (Å²) in [7, 11) is 1.80. The highest BCUT2D eigenvalue weighted by Gasteiger charge is 2.32. The van der Waals surface area contributed by atoms with Crippen molar-refractivity contribution in [3.05, 3.63) is 18.0 Å². The summed E-state index contributed by atoms with van der Waals surface area (Å²) in [4.78, 5) is 12.0. The minimum absolute atomic E-state index is 0.156. The molecule has 6 nitrogen and oxygen atoms in total. The van der Waals surface area contributed by atoms with Gasteiger partial charge < -0.3 is 15.7 Å². The number of hydrogen-bond donors (Lipinski definition) is 3. The molecule has 1 fully saturated rings. The largest absolute Gasteiger partial charge is 0.383 e. The van der Waals surface area contributed by atoms with E-state index < -0.39 is 5.60 Å². The molecular weight excluding hydrogens is 280 g/mol. The number of aromatic nitrogens is 2. The lowest BCUT2D eigenvalue weighted by molar-refractivity contribution is 0.0591. The van der Waals surface area contributed by atoms with Crippen LogP contribution in [0, 0.1) is 5.41 Å². The summed E-state index contributed by atoms with van der Waals surface area (Å²) in [5, 5.41) is 20.2. The second-order valence-corrected chi connectivity index (χ2v) is 6.77. The third-order valence-electron chi connectivity index (χ3n) is 4.96. The standard InChI is InChI=1S/C16H28N4O2/c1-4-16(7-5-6-8-16)12-18-14(21)17-11-15(2,22)13-9-19-20(3)10-13/h9-10,22H,4-8,11-12H2,1-3H3,(H2,17,18,21). The van der Waals surface area contributed by atoms with Gasteiger partial charge in [-0.1, -0.05) is 19.8 Å². The molecule has 124 valence electrons. The topological polar surface area (TPSA) is 79.2 Å². The van der Waals surface area contributed by atoms with Crippen molar-refractivity contribution < 1.29 is 9.90 Å². The Morgan fingerprint density at radius 3 is 2.68 bits per heavy atom. The first-order chi connectivity index (χ1) is 10.4. The molecule has 1 unspecified atom stereocenters. The highest BCUT2D eigenvalue weighted by atomic mass is 16.3. The van der Waals surface area contributed by atoms with Gasteiger partial charge in [-0.15, -0.1) is 0 Å². The predicted octanol–water partition coefficient (Wildman–Crippen LogP) is 1.90. The summed E-state index contributed by atoms with van der Waals surface area (Å²) < 4.78 is 1.63. The zero-order valence-corrected chi connectivity index (χ0v) is 13.9. The molecule has 1 aliphatic rings. The SMILES string of the molecule is CCC1(CNC(=O)NCC(C)(O)c2cnn(C)c2)CCCC1. The van der Waals surface area contributed by atoms with Gasteiger partial charge in [-0.2, -0.15) is 5.10 Å². The quantitative estimate of drug-likeness (QED) is 0.751. The van der Waals surface area contributed by atoms with Crippen LogP contribution in [-0.2, 0) is 12.6 Å². The maximum atomic E-state index is 12.0. The first-order valence-corrected chi connectivity index (χ1v) is 8.10. The molecule has 0 aromatic carbocycles. The number of hydrogen-bond acceptors (Lipinski definition) is 3. The summed E-state index contributed by atoms with van der Waals surface area (Å²) in [5.74, 6) is 0. The molecule has 1 aliphatic carbocycles. The van der Waals surface area contributed by atoms with Crippen LogP contribution in [0.3, 0.4) is 0 Å². The Labute approximate surface area is 132 Å². The van der Waals surface area contributed by atoms with Crippen LogP contribution in [-0.4, -0.2) is 34.0 Å². The van der Waals surface area contributed by atoms with Crippen molar-refractivity contribution in [3.8, 4) is 0 Å². The minimum Gasteiger partial charge on any atom is -0.383 e. The van der Waals surface area contributed by atoms with E-state index in [-0.39, 0.29) is 18.0 Å². The van der Waals surface area contributed by atoms with Gasteiger partial charge in [0.1, 0.15) is 5.60 Å². The highest BCUT2D eigenvalue weighted by Crippen LogP contribution is 2.40. The number of urea groups is 1. The number of carbonyl (C=O) groups is 1. The molecule has 0 radical (unpaired) electrons. The molecule has 1 atom stereocenters. The Morgan fingerprint density at radius 1 is 1.45 bits per heavy atom. The van der Waals surface area contributed by atoms with Gasteiger partial charge in [0, 0.05) is 25.4 Å². The van der Waals surface area contributed by atoms with E-state index in [1.807, 2.05) is 0 Å². The van der Waals surface area contributed by atoms with Gasteiger partial charge in [-0.25, -0.2) is 4.79 Å². The van der Waals surface area contributed by atoms with Crippen LogP contribution in [0.4, 0.5) is 4.79 Å². The Balaban J connectivity index is 1.80. The van der Waals surface area contributed by atoms with Gasteiger partial charge in [0.2, 0.25) is 0 Å². The molecule has 6 heteroatoms. The fraction of sp³-hybridized carbons (Fsp3) is 0.750. The zero-order valence-electron chi connectivity index (χ0n) is 13.9. The van der Waals surface area contributed by atoms with E-state index in [2.05, 4.69) is 22.7 Å².